The van der Waals surface area contributed by atoms with Crippen molar-refractivity contribution < 1.29 is 18.3 Å². The van der Waals surface area contributed by atoms with E-state index in [0.29, 0.717) is 12.8 Å². The molecule has 0 amide bonds. The van der Waals surface area contributed by atoms with E-state index in [1.165, 1.54) is 31.4 Å². The minimum atomic E-state index is -2.77. The quantitative estimate of drug-likeness (QED) is 0.740. The molecule has 0 saturated heterocycles. The minimum Gasteiger partial charge on any atom is -0.465 e. The Kier molecular flexibility index (Phi) is 2.66. The zero-order valence-electron chi connectivity index (χ0n) is 8.87. The van der Waals surface area contributed by atoms with E-state index >= 15 is 0 Å². The molecule has 0 aliphatic heterocycles. The number of alkyl halides is 2. The highest BCUT2D eigenvalue weighted by Gasteiger charge is 2.47. The lowest BCUT2D eigenvalue weighted by Crippen LogP contribution is -2.16. The normalized spacial score (nSPS) is 15.9. The Bertz CT molecular complexity index is 394. The summed E-state index contributed by atoms with van der Waals surface area (Å²) in [5.74, 6) is -3.81. The van der Waals surface area contributed by atoms with Crippen LogP contribution in [0.2, 0.25) is 0 Å². The summed E-state index contributed by atoms with van der Waals surface area (Å²) in [6, 6.07) is 5.34. The molecule has 1 aliphatic carbocycles. The van der Waals surface area contributed by atoms with Crippen LogP contribution in [0, 0.1) is 5.92 Å². The summed E-state index contributed by atoms with van der Waals surface area (Å²) in [5, 5.41) is 0. The summed E-state index contributed by atoms with van der Waals surface area (Å²) >= 11 is 0. The number of hydrogen-bond acceptors (Lipinski definition) is 2. The molecule has 0 atom stereocenters. The molecule has 1 aromatic rings. The van der Waals surface area contributed by atoms with Gasteiger partial charge in [-0.3, -0.25) is 0 Å². The van der Waals surface area contributed by atoms with Crippen LogP contribution in [0.25, 0.3) is 0 Å². The van der Waals surface area contributed by atoms with Crippen LogP contribution in [0.1, 0.15) is 28.8 Å². The Balaban J connectivity index is 2.21. The minimum absolute atomic E-state index is 0.0253. The Morgan fingerprint density at radius 2 is 1.88 bits per heavy atom. The van der Waals surface area contributed by atoms with Gasteiger partial charge in [0.2, 0.25) is 0 Å². The maximum atomic E-state index is 13.6. The number of ether oxygens (including phenoxy) is 1. The molecule has 0 aromatic heterocycles. The zero-order chi connectivity index (χ0) is 11.8. The Morgan fingerprint density at radius 1 is 1.31 bits per heavy atom. The summed E-state index contributed by atoms with van der Waals surface area (Å²) < 4.78 is 31.8. The number of esters is 1. The van der Waals surface area contributed by atoms with Crippen molar-refractivity contribution in [3.05, 3.63) is 35.4 Å². The summed E-state index contributed by atoms with van der Waals surface area (Å²) in [5.41, 5.74) is 0.264. The molecule has 0 heterocycles. The molecule has 16 heavy (non-hydrogen) atoms. The number of carbonyl (C=O) groups is 1. The average molecular weight is 226 g/mol. The van der Waals surface area contributed by atoms with Crippen molar-refractivity contribution in [3.8, 4) is 0 Å². The molecule has 2 rings (SSSR count). The van der Waals surface area contributed by atoms with Crippen molar-refractivity contribution in [3.63, 3.8) is 0 Å². The topological polar surface area (TPSA) is 26.3 Å². The van der Waals surface area contributed by atoms with Crippen molar-refractivity contribution in [2.45, 2.75) is 18.8 Å². The highest BCUT2D eigenvalue weighted by atomic mass is 19.3. The number of rotatable bonds is 3. The van der Waals surface area contributed by atoms with Crippen molar-refractivity contribution in [1.82, 2.24) is 0 Å². The number of halogens is 2. The van der Waals surface area contributed by atoms with E-state index in [9.17, 15) is 13.6 Å². The standard InChI is InChI=1S/C12H12F2O2/c1-16-11(15)8-2-4-9(5-3-8)12(13,14)10-6-7-10/h2-5,10H,6-7H2,1H3. The van der Waals surface area contributed by atoms with E-state index < -0.39 is 17.8 Å². The second kappa shape index (κ2) is 3.85. The first-order valence-electron chi connectivity index (χ1n) is 5.12. The third kappa shape index (κ3) is 1.92. The van der Waals surface area contributed by atoms with E-state index in [0.717, 1.165) is 0 Å². The molecule has 1 saturated carbocycles. The molecule has 0 spiro atoms. The third-order valence-electron chi connectivity index (χ3n) is 2.78. The highest BCUT2D eigenvalue weighted by molar-refractivity contribution is 5.89. The Morgan fingerprint density at radius 3 is 2.31 bits per heavy atom. The molecule has 1 aromatic carbocycles. The molecule has 86 valence electrons. The van der Waals surface area contributed by atoms with Crippen LogP contribution in [-0.4, -0.2) is 13.1 Å². The Labute approximate surface area is 92.2 Å². The van der Waals surface area contributed by atoms with Crippen molar-refractivity contribution in [2.75, 3.05) is 7.11 Å². The number of hydrogen-bond donors (Lipinski definition) is 0. The SMILES string of the molecule is COC(=O)c1ccc(C(F)(F)C2CC2)cc1. The smallest absolute Gasteiger partial charge is 0.337 e. The molecule has 0 radical (unpaired) electrons. The van der Waals surface area contributed by atoms with Gasteiger partial charge in [-0.05, 0) is 25.0 Å². The van der Waals surface area contributed by atoms with Crippen molar-refractivity contribution >= 4 is 5.97 Å². The van der Waals surface area contributed by atoms with E-state index in [4.69, 9.17) is 0 Å². The van der Waals surface area contributed by atoms with E-state index in [2.05, 4.69) is 4.74 Å². The summed E-state index contributed by atoms with van der Waals surface area (Å²) in [7, 11) is 1.26. The van der Waals surface area contributed by atoms with Crippen molar-refractivity contribution in [2.24, 2.45) is 5.92 Å². The predicted molar refractivity (Wildman–Crippen MR) is 54.4 cm³/mol. The largest absolute Gasteiger partial charge is 0.465 e. The molecular weight excluding hydrogens is 214 g/mol. The molecular formula is C12H12F2O2. The van der Waals surface area contributed by atoms with Gasteiger partial charge in [0.15, 0.2) is 0 Å². The fourth-order valence-corrected chi connectivity index (χ4v) is 1.63. The number of methoxy groups -OCH3 is 1. The molecule has 0 bridgehead atoms. The van der Waals surface area contributed by atoms with Crippen LogP contribution in [0.3, 0.4) is 0 Å². The van der Waals surface area contributed by atoms with Gasteiger partial charge in [0.05, 0.1) is 12.7 Å². The second-order valence-electron chi connectivity index (χ2n) is 3.97. The van der Waals surface area contributed by atoms with E-state index in [1.807, 2.05) is 0 Å². The lowest BCUT2D eigenvalue weighted by Gasteiger charge is -2.15. The van der Waals surface area contributed by atoms with Gasteiger partial charge in [-0.25, -0.2) is 13.6 Å². The summed E-state index contributed by atoms with van der Waals surface area (Å²) in [6.45, 7) is 0. The molecule has 4 heteroatoms. The van der Waals surface area contributed by atoms with E-state index in [1.54, 1.807) is 0 Å². The molecule has 0 unspecified atom stereocenters. The first-order chi connectivity index (χ1) is 7.55. The monoisotopic (exact) mass is 226 g/mol. The third-order valence-corrected chi connectivity index (χ3v) is 2.78. The molecule has 1 fully saturated rings. The van der Waals surface area contributed by atoms with Crippen LogP contribution < -0.4 is 0 Å². The van der Waals surface area contributed by atoms with Crippen LogP contribution in [0.15, 0.2) is 24.3 Å². The van der Waals surface area contributed by atoms with Gasteiger partial charge in [0.25, 0.3) is 5.92 Å². The van der Waals surface area contributed by atoms with Gasteiger partial charge < -0.3 is 4.74 Å². The lowest BCUT2D eigenvalue weighted by atomic mass is 10.0. The van der Waals surface area contributed by atoms with Crippen molar-refractivity contribution in [1.29, 1.82) is 0 Å². The van der Waals surface area contributed by atoms with Gasteiger partial charge in [0.1, 0.15) is 0 Å². The fraction of sp³-hybridized carbons (Fsp3) is 0.417. The molecule has 1 aliphatic rings. The molecule has 2 nitrogen and oxygen atoms in total. The van der Waals surface area contributed by atoms with Gasteiger partial charge in [-0.1, -0.05) is 12.1 Å². The first kappa shape index (κ1) is 11.0. The van der Waals surface area contributed by atoms with Crippen LogP contribution in [0.4, 0.5) is 8.78 Å². The number of benzene rings is 1. The first-order valence-corrected chi connectivity index (χ1v) is 5.12. The van der Waals surface area contributed by atoms with Gasteiger partial charge in [0, 0.05) is 11.5 Å². The van der Waals surface area contributed by atoms with Gasteiger partial charge in [-0.2, -0.15) is 0 Å². The maximum absolute atomic E-state index is 13.6. The van der Waals surface area contributed by atoms with Gasteiger partial charge >= 0.3 is 5.97 Å². The average Bonchev–Trinajstić information content (AvgIpc) is 3.12. The van der Waals surface area contributed by atoms with E-state index in [-0.39, 0.29) is 11.1 Å². The van der Waals surface area contributed by atoms with Crippen LogP contribution >= 0.6 is 0 Å². The Hall–Kier alpha value is -1.45. The number of carbonyl (C=O) groups excluding carboxylic acids is 1. The predicted octanol–water partition coefficient (Wildman–Crippen LogP) is 2.98. The summed E-state index contributed by atoms with van der Waals surface area (Å²) in [4.78, 5) is 11.1. The second-order valence-corrected chi connectivity index (χ2v) is 3.97. The molecule has 0 N–H and O–H groups in total. The fourth-order valence-electron chi connectivity index (χ4n) is 1.63. The zero-order valence-corrected chi connectivity index (χ0v) is 8.87. The van der Waals surface area contributed by atoms with Gasteiger partial charge in [-0.15, -0.1) is 0 Å². The highest BCUT2D eigenvalue weighted by Crippen LogP contribution is 2.49. The van der Waals surface area contributed by atoms with Crippen LogP contribution in [-0.2, 0) is 10.7 Å². The lowest BCUT2D eigenvalue weighted by molar-refractivity contribution is -0.0285. The van der Waals surface area contributed by atoms with Crippen LogP contribution in [0.5, 0.6) is 0 Å². The summed E-state index contributed by atoms with van der Waals surface area (Å²) in [6.07, 6.45) is 1.15. The maximum Gasteiger partial charge on any atom is 0.337 e.